The number of hydrogen-bond donors (Lipinski definition) is 2. The monoisotopic (exact) mass is 218 g/mol. The Balaban J connectivity index is 2.14. The van der Waals surface area contributed by atoms with Gasteiger partial charge < -0.3 is 10.2 Å². The molecule has 1 aliphatic carbocycles. The second-order valence-electron chi connectivity index (χ2n) is 4.56. The molecule has 0 radical (unpaired) electrons. The Morgan fingerprint density at radius 2 is 2.25 bits per heavy atom. The van der Waals surface area contributed by atoms with Gasteiger partial charge in [0.2, 0.25) is 0 Å². The summed E-state index contributed by atoms with van der Waals surface area (Å²) in [5.41, 5.74) is 8.53. The van der Waals surface area contributed by atoms with Crippen LogP contribution < -0.4 is 11.5 Å². The number of hydrogen-bond acceptors (Lipinski definition) is 3. The molecular formula is C12H14N2O2. The van der Waals surface area contributed by atoms with Crippen molar-refractivity contribution < 1.29 is 4.42 Å². The van der Waals surface area contributed by atoms with Crippen LogP contribution in [0.1, 0.15) is 24.8 Å². The molecule has 1 aromatic carbocycles. The Morgan fingerprint density at radius 3 is 2.88 bits per heavy atom. The highest BCUT2D eigenvalue weighted by molar-refractivity contribution is 5.73. The molecule has 0 amide bonds. The van der Waals surface area contributed by atoms with Gasteiger partial charge in [0.1, 0.15) is 0 Å². The number of aromatic amines is 1. The lowest BCUT2D eigenvalue weighted by Crippen LogP contribution is -2.41. The van der Waals surface area contributed by atoms with Crippen molar-refractivity contribution in [2.75, 3.05) is 6.54 Å². The number of benzene rings is 1. The summed E-state index contributed by atoms with van der Waals surface area (Å²) in [4.78, 5) is 13.7. The maximum Gasteiger partial charge on any atom is 0.417 e. The van der Waals surface area contributed by atoms with E-state index < -0.39 is 5.76 Å². The zero-order valence-corrected chi connectivity index (χ0v) is 8.95. The Bertz CT molecular complexity index is 572. The van der Waals surface area contributed by atoms with Crippen LogP contribution in [0, 0.1) is 0 Å². The SMILES string of the molecule is NCC1(c2ccc3[nH]c(=O)oc3c2)CCC1. The minimum absolute atomic E-state index is 0.115. The molecule has 0 saturated heterocycles. The lowest BCUT2D eigenvalue weighted by atomic mass is 9.64. The quantitative estimate of drug-likeness (QED) is 0.802. The first-order chi connectivity index (χ1) is 7.73. The van der Waals surface area contributed by atoms with Crippen LogP contribution >= 0.6 is 0 Å². The van der Waals surface area contributed by atoms with Crippen LogP contribution in [0.5, 0.6) is 0 Å². The van der Waals surface area contributed by atoms with Crippen LogP contribution in [0.3, 0.4) is 0 Å². The average Bonchev–Trinajstić information content (AvgIpc) is 2.56. The summed E-state index contributed by atoms with van der Waals surface area (Å²) in [6.45, 7) is 0.660. The van der Waals surface area contributed by atoms with Gasteiger partial charge in [0.05, 0.1) is 5.52 Å². The molecule has 16 heavy (non-hydrogen) atoms. The van der Waals surface area contributed by atoms with Crippen LogP contribution in [0.25, 0.3) is 11.1 Å². The molecule has 1 aromatic heterocycles. The number of H-pyrrole nitrogens is 1. The molecule has 84 valence electrons. The molecule has 0 unspecified atom stereocenters. The zero-order chi connectivity index (χ0) is 11.2. The predicted molar refractivity (Wildman–Crippen MR) is 61.4 cm³/mol. The van der Waals surface area contributed by atoms with Gasteiger partial charge in [0.15, 0.2) is 5.58 Å². The molecule has 1 fully saturated rings. The summed E-state index contributed by atoms with van der Waals surface area (Å²) < 4.78 is 5.06. The summed E-state index contributed by atoms with van der Waals surface area (Å²) in [5.74, 6) is -0.400. The first kappa shape index (κ1) is 9.66. The van der Waals surface area contributed by atoms with Crippen LogP contribution in [-0.4, -0.2) is 11.5 Å². The largest absolute Gasteiger partial charge is 0.417 e. The van der Waals surface area contributed by atoms with Crippen LogP contribution in [0.15, 0.2) is 27.4 Å². The molecule has 0 aliphatic heterocycles. The van der Waals surface area contributed by atoms with E-state index in [0.29, 0.717) is 12.1 Å². The molecule has 3 N–H and O–H groups in total. The number of nitrogens with one attached hydrogen (secondary N) is 1. The predicted octanol–water partition coefficient (Wildman–Crippen LogP) is 1.50. The molecule has 4 heteroatoms. The minimum atomic E-state index is -0.400. The third-order valence-corrected chi connectivity index (χ3v) is 3.73. The van der Waals surface area contributed by atoms with E-state index in [4.69, 9.17) is 10.2 Å². The summed E-state index contributed by atoms with van der Waals surface area (Å²) in [6.07, 6.45) is 3.49. The maximum atomic E-state index is 11.1. The highest BCUT2D eigenvalue weighted by Gasteiger charge is 2.37. The van der Waals surface area contributed by atoms with E-state index in [9.17, 15) is 4.79 Å². The lowest BCUT2D eigenvalue weighted by Gasteiger charge is -2.41. The van der Waals surface area contributed by atoms with Gasteiger partial charge in [0, 0.05) is 12.0 Å². The second-order valence-corrected chi connectivity index (χ2v) is 4.56. The highest BCUT2D eigenvalue weighted by Crippen LogP contribution is 2.43. The number of aromatic nitrogens is 1. The summed E-state index contributed by atoms with van der Waals surface area (Å²) in [7, 11) is 0. The van der Waals surface area contributed by atoms with Gasteiger partial charge in [-0.1, -0.05) is 12.5 Å². The van der Waals surface area contributed by atoms with Crippen molar-refractivity contribution in [3.8, 4) is 0 Å². The van der Waals surface area contributed by atoms with E-state index >= 15 is 0 Å². The number of fused-ring (bicyclic) bond motifs is 1. The Morgan fingerprint density at radius 1 is 1.44 bits per heavy atom. The topological polar surface area (TPSA) is 72.0 Å². The van der Waals surface area contributed by atoms with Gasteiger partial charge in [-0.15, -0.1) is 0 Å². The van der Waals surface area contributed by atoms with Crippen LogP contribution in [-0.2, 0) is 5.41 Å². The fourth-order valence-electron chi connectivity index (χ4n) is 2.49. The molecule has 3 rings (SSSR count). The van der Waals surface area contributed by atoms with Gasteiger partial charge in [0.25, 0.3) is 0 Å². The second kappa shape index (κ2) is 3.22. The van der Waals surface area contributed by atoms with Crippen molar-refractivity contribution in [1.29, 1.82) is 0 Å². The van der Waals surface area contributed by atoms with Crippen molar-refractivity contribution in [2.24, 2.45) is 5.73 Å². The Labute approximate surface area is 92.4 Å². The van der Waals surface area contributed by atoms with Gasteiger partial charge in [-0.25, -0.2) is 4.79 Å². The fourth-order valence-corrected chi connectivity index (χ4v) is 2.49. The Kier molecular flexibility index (Phi) is 1.94. The molecule has 0 bridgehead atoms. The molecule has 1 aliphatic rings. The molecule has 0 atom stereocenters. The molecule has 4 nitrogen and oxygen atoms in total. The van der Waals surface area contributed by atoms with Crippen molar-refractivity contribution in [1.82, 2.24) is 4.98 Å². The third-order valence-electron chi connectivity index (χ3n) is 3.73. The number of nitrogens with two attached hydrogens (primary N) is 1. The van der Waals surface area contributed by atoms with Crippen molar-refractivity contribution >= 4 is 11.1 Å². The average molecular weight is 218 g/mol. The summed E-state index contributed by atoms with van der Waals surface area (Å²) >= 11 is 0. The van der Waals surface area contributed by atoms with Gasteiger partial charge in [-0.05, 0) is 30.5 Å². The maximum absolute atomic E-state index is 11.1. The smallest absolute Gasteiger partial charge is 0.408 e. The molecule has 1 saturated carbocycles. The molecule has 1 heterocycles. The van der Waals surface area contributed by atoms with E-state index in [0.717, 1.165) is 18.4 Å². The molecule has 0 spiro atoms. The van der Waals surface area contributed by atoms with Crippen molar-refractivity contribution in [3.05, 3.63) is 34.3 Å². The van der Waals surface area contributed by atoms with Gasteiger partial charge in [-0.3, -0.25) is 4.98 Å². The lowest BCUT2D eigenvalue weighted by molar-refractivity contribution is 0.253. The van der Waals surface area contributed by atoms with E-state index in [1.54, 1.807) is 0 Å². The number of rotatable bonds is 2. The Hall–Kier alpha value is -1.55. The summed E-state index contributed by atoms with van der Waals surface area (Å²) in [5, 5.41) is 0. The van der Waals surface area contributed by atoms with E-state index in [1.807, 2.05) is 18.2 Å². The first-order valence-corrected chi connectivity index (χ1v) is 5.57. The highest BCUT2D eigenvalue weighted by atomic mass is 16.4. The standard InChI is InChI=1S/C12H14N2O2/c13-7-12(4-1-5-12)8-2-3-9-10(6-8)16-11(15)14-9/h2-3,6H,1,4-5,7,13H2,(H,14,15). The minimum Gasteiger partial charge on any atom is -0.408 e. The molecular weight excluding hydrogens is 204 g/mol. The normalized spacial score (nSPS) is 18.6. The molecule has 2 aromatic rings. The first-order valence-electron chi connectivity index (χ1n) is 5.57. The third kappa shape index (κ3) is 1.23. The zero-order valence-electron chi connectivity index (χ0n) is 8.95. The van der Waals surface area contributed by atoms with Crippen molar-refractivity contribution in [3.63, 3.8) is 0 Å². The van der Waals surface area contributed by atoms with E-state index in [2.05, 4.69) is 4.98 Å². The van der Waals surface area contributed by atoms with Crippen LogP contribution in [0.2, 0.25) is 0 Å². The fraction of sp³-hybridized carbons (Fsp3) is 0.417. The number of oxazole rings is 1. The summed E-state index contributed by atoms with van der Waals surface area (Å²) in [6, 6.07) is 5.88. The van der Waals surface area contributed by atoms with Gasteiger partial charge in [-0.2, -0.15) is 0 Å². The van der Waals surface area contributed by atoms with E-state index in [1.165, 1.54) is 12.0 Å². The van der Waals surface area contributed by atoms with Gasteiger partial charge >= 0.3 is 5.76 Å². The van der Waals surface area contributed by atoms with E-state index in [-0.39, 0.29) is 5.41 Å². The van der Waals surface area contributed by atoms with Crippen molar-refractivity contribution in [2.45, 2.75) is 24.7 Å². The van der Waals surface area contributed by atoms with Crippen LogP contribution in [0.4, 0.5) is 0 Å².